The maximum absolute atomic E-state index is 12.5. The average molecular weight is 381 g/mol. The third-order valence-electron chi connectivity index (χ3n) is 4.12. The van der Waals surface area contributed by atoms with Gasteiger partial charge in [0.1, 0.15) is 5.69 Å². The smallest absolute Gasteiger partial charge is 0.274 e. The van der Waals surface area contributed by atoms with Crippen LogP contribution in [0.4, 0.5) is 11.6 Å². The number of carbonyl (C=O) groups is 1. The molecule has 2 N–H and O–H groups in total. The number of halogens is 1. The first-order chi connectivity index (χ1) is 13.0. The van der Waals surface area contributed by atoms with Crippen molar-refractivity contribution in [2.24, 2.45) is 0 Å². The van der Waals surface area contributed by atoms with Crippen LogP contribution in [0.3, 0.4) is 0 Å². The highest BCUT2D eigenvalue weighted by Gasteiger charge is 2.10. The summed E-state index contributed by atoms with van der Waals surface area (Å²) in [5, 5.41) is 6.77. The number of nitrogens with zero attached hydrogens (tertiary/aromatic N) is 2. The Morgan fingerprint density at radius 1 is 1.11 bits per heavy atom. The van der Waals surface area contributed by atoms with E-state index in [-0.39, 0.29) is 5.91 Å². The molecule has 0 atom stereocenters. The molecule has 138 valence electrons. The van der Waals surface area contributed by atoms with E-state index in [1.165, 1.54) is 0 Å². The largest absolute Gasteiger partial charge is 0.354 e. The third-order valence-corrected chi connectivity index (χ3v) is 4.35. The zero-order valence-electron chi connectivity index (χ0n) is 15.3. The van der Waals surface area contributed by atoms with Crippen LogP contribution in [-0.4, -0.2) is 22.4 Å². The molecule has 2 aromatic carbocycles. The molecule has 0 radical (unpaired) electrons. The predicted molar refractivity (Wildman–Crippen MR) is 110 cm³/mol. The maximum Gasteiger partial charge on any atom is 0.274 e. The molecule has 5 nitrogen and oxygen atoms in total. The minimum absolute atomic E-state index is 0.260. The standard InChI is InChI=1S/C21H21ClN4O/c1-14-6-7-15(2)19(12-14)25-20(27)18-9-11-24-21(26-18)23-10-8-16-4-3-5-17(22)13-16/h3-7,9,11-13H,8,10H2,1-2H3,(H,25,27)(H,23,24,26). The van der Waals surface area contributed by atoms with Crippen LogP contribution in [0.15, 0.2) is 54.7 Å². The molecule has 27 heavy (non-hydrogen) atoms. The first-order valence-electron chi connectivity index (χ1n) is 8.71. The van der Waals surface area contributed by atoms with Crippen molar-refractivity contribution >= 4 is 29.1 Å². The Kier molecular flexibility index (Phi) is 6.04. The monoisotopic (exact) mass is 380 g/mol. The van der Waals surface area contributed by atoms with E-state index in [0.717, 1.165) is 28.8 Å². The van der Waals surface area contributed by atoms with Crippen LogP contribution in [0, 0.1) is 13.8 Å². The first-order valence-corrected chi connectivity index (χ1v) is 9.09. The van der Waals surface area contributed by atoms with Crippen molar-refractivity contribution < 1.29 is 4.79 Å². The van der Waals surface area contributed by atoms with Gasteiger partial charge < -0.3 is 10.6 Å². The quantitative estimate of drug-likeness (QED) is 0.653. The van der Waals surface area contributed by atoms with Gasteiger partial charge in [-0.15, -0.1) is 0 Å². The molecule has 1 amide bonds. The molecule has 0 bridgehead atoms. The molecule has 0 saturated heterocycles. The van der Waals surface area contributed by atoms with E-state index in [1.807, 2.05) is 56.3 Å². The second-order valence-electron chi connectivity index (χ2n) is 6.34. The third kappa shape index (κ3) is 5.28. The van der Waals surface area contributed by atoms with Crippen molar-refractivity contribution in [1.82, 2.24) is 9.97 Å². The van der Waals surface area contributed by atoms with Crippen LogP contribution in [0.2, 0.25) is 5.02 Å². The predicted octanol–water partition coefficient (Wildman–Crippen LogP) is 4.65. The summed E-state index contributed by atoms with van der Waals surface area (Å²) in [7, 11) is 0. The molecule has 3 aromatic rings. The number of aryl methyl sites for hydroxylation is 2. The molecule has 0 spiro atoms. The van der Waals surface area contributed by atoms with Gasteiger partial charge in [0, 0.05) is 23.5 Å². The van der Waals surface area contributed by atoms with E-state index in [2.05, 4.69) is 20.6 Å². The number of hydrogen-bond donors (Lipinski definition) is 2. The Labute approximate surface area is 163 Å². The summed E-state index contributed by atoms with van der Waals surface area (Å²) in [6.45, 7) is 4.59. The number of benzene rings is 2. The lowest BCUT2D eigenvalue weighted by Gasteiger charge is -2.10. The number of aromatic nitrogens is 2. The highest BCUT2D eigenvalue weighted by molar-refractivity contribution is 6.30. The fourth-order valence-corrected chi connectivity index (χ4v) is 2.85. The van der Waals surface area contributed by atoms with Crippen LogP contribution in [0.25, 0.3) is 0 Å². The summed E-state index contributed by atoms with van der Waals surface area (Å²) in [5.41, 5.74) is 4.31. The lowest BCUT2D eigenvalue weighted by Crippen LogP contribution is -2.16. The molecule has 1 heterocycles. The highest BCUT2D eigenvalue weighted by Crippen LogP contribution is 2.17. The number of anilines is 2. The summed E-state index contributed by atoms with van der Waals surface area (Å²) in [5.74, 6) is 0.162. The molecular weight excluding hydrogens is 360 g/mol. The summed E-state index contributed by atoms with van der Waals surface area (Å²) in [6, 6.07) is 15.2. The number of hydrogen-bond acceptors (Lipinski definition) is 4. The summed E-state index contributed by atoms with van der Waals surface area (Å²) in [4.78, 5) is 21.0. The van der Waals surface area contributed by atoms with E-state index in [0.29, 0.717) is 23.2 Å². The number of rotatable bonds is 6. The Hall–Kier alpha value is -2.92. The molecule has 1 aromatic heterocycles. The van der Waals surface area contributed by atoms with Gasteiger partial charge in [0.2, 0.25) is 5.95 Å². The summed E-state index contributed by atoms with van der Waals surface area (Å²) < 4.78 is 0. The lowest BCUT2D eigenvalue weighted by atomic mass is 10.1. The summed E-state index contributed by atoms with van der Waals surface area (Å²) in [6.07, 6.45) is 2.36. The van der Waals surface area contributed by atoms with Crippen molar-refractivity contribution in [3.63, 3.8) is 0 Å². The second kappa shape index (κ2) is 8.64. The fourth-order valence-electron chi connectivity index (χ4n) is 2.64. The molecule has 0 aliphatic heterocycles. The average Bonchev–Trinajstić information content (AvgIpc) is 2.65. The normalized spacial score (nSPS) is 10.5. The topological polar surface area (TPSA) is 66.9 Å². The van der Waals surface area contributed by atoms with E-state index < -0.39 is 0 Å². The van der Waals surface area contributed by atoms with Gasteiger partial charge in [-0.1, -0.05) is 35.9 Å². The minimum Gasteiger partial charge on any atom is -0.354 e. The Morgan fingerprint density at radius 3 is 2.78 bits per heavy atom. The van der Waals surface area contributed by atoms with Crippen molar-refractivity contribution in [3.05, 3.63) is 82.1 Å². The van der Waals surface area contributed by atoms with Crippen molar-refractivity contribution in [3.8, 4) is 0 Å². The van der Waals surface area contributed by atoms with Gasteiger partial charge in [-0.2, -0.15) is 0 Å². The van der Waals surface area contributed by atoms with Crippen LogP contribution in [0.1, 0.15) is 27.2 Å². The molecule has 0 fully saturated rings. The molecule has 3 rings (SSSR count). The molecule has 0 saturated carbocycles. The van der Waals surface area contributed by atoms with Gasteiger partial charge in [-0.25, -0.2) is 9.97 Å². The van der Waals surface area contributed by atoms with Gasteiger partial charge in [-0.05, 0) is 61.2 Å². The molecule has 0 aliphatic carbocycles. The maximum atomic E-state index is 12.5. The van der Waals surface area contributed by atoms with Gasteiger partial charge >= 0.3 is 0 Å². The lowest BCUT2D eigenvalue weighted by molar-refractivity contribution is 0.102. The molecule has 0 unspecified atom stereocenters. The van der Waals surface area contributed by atoms with Crippen LogP contribution in [-0.2, 0) is 6.42 Å². The number of carbonyl (C=O) groups excluding carboxylic acids is 1. The van der Waals surface area contributed by atoms with E-state index in [4.69, 9.17) is 11.6 Å². The molecular formula is C21H21ClN4O. The minimum atomic E-state index is -0.260. The van der Waals surface area contributed by atoms with Crippen LogP contribution < -0.4 is 10.6 Å². The first kappa shape index (κ1) is 18.9. The van der Waals surface area contributed by atoms with Crippen molar-refractivity contribution in [2.45, 2.75) is 20.3 Å². The van der Waals surface area contributed by atoms with E-state index in [1.54, 1.807) is 12.3 Å². The number of amides is 1. The van der Waals surface area contributed by atoms with Crippen LogP contribution in [0.5, 0.6) is 0 Å². The van der Waals surface area contributed by atoms with Gasteiger partial charge in [0.25, 0.3) is 5.91 Å². The second-order valence-corrected chi connectivity index (χ2v) is 6.78. The fraction of sp³-hybridized carbons (Fsp3) is 0.190. The van der Waals surface area contributed by atoms with Crippen LogP contribution >= 0.6 is 11.6 Å². The van der Waals surface area contributed by atoms with Crippen molar-refractivity contribution in [2.75, 3.05) is 17.2 Å². The highest BCUT2D eigenvalue weighted by atomic mass is 35.5. The molecule has 0 aliphatic rings. The Bertz CT molecular complexity index is 958. The van der Waals surface area contributed by atoms with Gasteiger partial charge in [0.05, 0.1) is 0 Å². The zero-order chi connectivity index (χ0) is 19.2. The summed E-state index contributed by atoms with van der Waals surface area (Å²) >= 11 is 5.99. The van der Waals surface area contributed by atoms with E-state index in [9.17, 15) is 4.79 Å². The van der Waals surface area contributed by atoms with Gasteiger partial charge in [-0.3, -0.25) is 4.79 Å². The number of nitrogens with one attached hydrogen (secondary N) is 2. The van der Waals surface area contributed by atoms with E-state index >= 15 is 0 Å². The molecule has 6 heteroatoms. The SMILES string of the molecule is Cc1ccc(C)c(NC(=O)c2ccnc(NCCc3cccc(Cl)c3)n2)c1. The van der Waals surface area contributed by atoms with Crippen molar-refractivity contribution in [1.29, 1.82) is 0 Å². The Balaban J connectivity index is 1.62. The zero-order valence-corrected chi connectivity index (χ0v) is 16.0. The van der Waals surface area contributed by atoms with Gasteiger partial charge in [0.15, 0.2) is 0 Å². The Morgan fingerprint density at radius 2 is 1.96 bits per heavy atom.